The van der Waals surface area contributed by atoms with Gasteiger partial charge in [0.25, 0.3) is 5.91 Å². The van der Waals surface area contributed by atoms with Crippen LogP contribution in [0, 0.1) is 0 Å². The molecule has 0 saturated carbocycles. The summed E-state index contributed by atoms with van der Waals surface area (Å²) in [5.41, 5.74) is 2.28. The van der Waals surface area contributed by atoms with Crippen molar-refractivity contribution in [1.82, 2.24) is 4.72 Å². The van der Waals surface area contributed by atoms with Crippen molar-refractivity contribution in [2.45, 2.75) is 51.0 Å². The quantitative estimate of drug-likeness (QED) is 0.765. The molecule has 0 aromatic heterocycles. The zero-order chi connectivity index (χ0) is 19.3. The van der Waals surface area contributed by atoms with Gasteiger partial charge < -0.3 is 5.32 Å². The van der Waals surface area contributed by atoms with E-state index >= 15 is 0 Å². The Hall–Kier alpha value is -2.18. The lowest BCUT2D eigenvalue weighted by Crippen LogP contribution is -2.30. The summed E-state index contributed by atoms with van der Waals surface area (Å²) in [7, 11) is -3.56. The molecule has 0 aliphatic rings. The molecule has 26 heavy (non-hydrogen) atoms. The number of anilines is 1. The van der Waals surface area contributed by atoms with E-state index in [4.69, 9.17) is 0 Å². The molecule has 6 heteroatoms. The molecule has 1 unspecified atom stereocenters. The Morgan fingerprint density at radius 2 is 1.62 bits per heavy atom. The van der Waals surface area contributed by atoms with Crippen molar-refractivity contribution in [2.75, 3.05) is 5.32 Å². The van der Waals surface area contributed by atoms with Crippen LogP contribution < -0.4 is 10.0 Å². The average molecular weight is 375 g/mol. The van der Waals surface area contributed by atoms with Gasteiger partial charge in [-0.1, -0.05) is 32.0 Å². The second kappa shape index (κ2) is 8.47. The molecule has 0 saturated heterocycles. The third-order valence-corrected chi connectivity index (χ3v) is 5.84. The fourth-order valence-electron chi connectivity index (χ4n) is 2.62. The van der Waals surface area contributed by atoms with Crippen molar-refractivity contribution in [3.8, 4) is 0 Å². The molecule has 1 atom stereocenters. The molecule has 1 amide bonds. The van der Waals surface area contributed by atoms with Crippen molar-refractivity contribution in [3.05, 3.63) is 59.7 Å². The second-order valence-electron chi connectivity index (χ2n) is 6.65. The first-order chi connectivity index (χ1) is 12.2. The number of para-hydroxylation sites is 1. The van der Waals surface area contributed by atoms with Gasteiger partial charge in [-0.2, -0.15) is 0 Å². The number of hydrogen-bond donors (Lipinski definition) is 2. The first kappa shape index (κ1) is 20.1. The minimum atomic E-state index is -3.56. The highest BCUT2D eigenvalue weighted by Gasteiger charge is 2.17. The van der Waals surface area contributed by atoms with Gasteiger partial charge in [0.05, 0.1) is 4.90 Å². The Labute approximate surface area is 155 Å². The van der Waals surface area contributed by atoms with Crippen LogP contribution in [0.25, 0.3) is 0 Å². The van der Waals surface area contributed by atoms with E-state index in [0.717, 1.165) is 17.7 Å². The number of carbonyl (C=O) groups is 1. The van der Waals surface area contributed by atoms with E-state index in [1.54, 1.807) is 13.8 Å². The molecule has 5 nitrogen and oxygen atoms in total. The van der Waals surface area contributed by atoms with Crippen molar-refractivity contribution in [3.63, 3.8) is 0 Å². The van der Waals surface area contributed by atoms with E-state index in [2.05, 4.69) is 23.9 Å². The number of benzene rings is 2. The van der Waals surface area contributed by atoms with Gasteiger partial charge in [0.15, 0.2) is 0 Å². The zero-order valence-electron chi connectivity index (χ0n) is 15.6. The van der Waals surface area contributed by atoms with Gasteiger partial charge >= 0.3 is 0 Å². The number of amides is 1. The van der Waals surface area contributed by atoms with Crippen LogP contribution in [0.3, 0.4) is 0 Å². The summed E-state index contributed by atoms with van der Waals surface area (Å²) < 4.78 is 26.8. The Kier molecular flexibility index (Phi) is 6.56. The van der Waals surface area contributed by atoms with Crippen LogP contribution in [0.5, 0.6) is 0 Å². The van der Waals surface area contributed by atoms with Crippen molar-refractivity contribution in [2.24, 2.45) is 0 Å². The summed E-state index contributed by atoms with van der Waals surface area (Å²) in [5, 5.41) is 2.93. The maximum absolute atomic E-state index is 12.5. The van der Waals surface area contributed by atoms with E-state index in [1.807, 2.05) is 24.3 Å². The molecule has 0 heterocycles. The molecule has 0 bridgehead atoms. The number of hydrogen-bond acceptors (Lipinski definition) is 3. The lowest BCUT2D eigenvalue weighted by molar-refractivity contribution is 0.102. The molecule has 2 rings (SSSR count). The molecule has 2 N–H and O–H groups in total. The first-order valence-electron chi connectivity index (χ1n) is 8.77. The highest BCUT2D eigenvalue weighted by molar-refractivity contribution is 7.89. The highest BCUT2D eigenvalue weighted by Crippen LogP contribution is 2.27. The summed E-state index contributed by atoms with van der Waals surface area (Å²) in [6.45, 7) is 7.74. The van der Waals surface area contributed by atoms with Crippen LogP contribution in [-0.2, 0) is 10.0 Å². The van der Waals surface area contributed by atoms with Gasteiger partial charge in [-0.3, -0.25) is 4.79 Å². The number of sulfonamides is 1. The topological polar surface area (TPSA) is 75.3 Å². The molecule has 2 aromatic rings. The smallest absolute Gasteiger partial charge is 0.255 e. The fraction of sp³-hybridized carbons (Fsp3) is 0.350. The number of carbonyl (C=O) groups excluding carboxylic acids is 1. The third-order valence-electron chi connectivity index (χ3n) is 4.17. The minimum absolute atomic E-state index is 0.141. The lowest BCUT2D eigenvalue weighted by Gasteiger charge is -2.16. The van der Waals surface area contributed by atoms with Crippen molar-refractivity contribution < 1.29 is 13.2 Å². The molecule has 0 radical (unpaired) electrons. The predicted molar refractivity (Wildman–Crippen MR) is 105 cm³/mol. The van der Waals surface area contributed by atoms with Crippen LogP contribution in [0.15, 0.2) is 53.4 Å². The molecular formula is C20H26N2O3S. The van der Waals surface area contributed by atoms with Crippen LogP contribution in [0.1, 0.15) is 56.0 Å². The Bertz CT molecular complexity index is 859. The zero-order valence-corrected chi connectivity index (χ0v) is 16.4. The van der Waals surface area contributed by atoms with E-state index < -0.39 is 10.0 Å². The summed E-state index contributed by atoms with van der Waals surface area (Å²) in [6.07, 6.45) is 0.974. The fourth-order valence-corrected chi connectivity index (χ4v) is 3.87. The van der Waals surface area contributed by atoms with Crippen LogP contribution >= 0.6 is 0 Å². The molecule has 0 aliphatic heterocycles. The standard InChI is InChI=1S/C20H26N2O3S/c1-5-15(4)18-8-6-7-9-19(18)21-20(23)16-10-12-17(13-11-16)26(24,25)22-14(2)3/h6-15,22H,5H2,1-4H3,(H,21,23). The lowest BCUT2D eigenvalue weighted by atomic mass is 9.97. The number of nitrogens with one attached hydrogen (secondary N) is 2. The van der Waals surface area contributed by atoms with Crippen molar-refractivity contribution in [1.29, 1.82) is 0 Å². The summed E-state index contributed by atoms with van der Waals surface area (Å²) >= 11 is 0. The van der Waals surface area contributed by atoms with Gasteiger partial charge in [-0.15, -0.1) is 0 Å². The monoisotopic (exact) mass is 374 g/mol. The van der Waals surface area contributed by atoms with E-state index in [-0.39, 0.29) is 16.8 Å². The summed E-state index contributed by atoms with van der Waals surface area (Å²) in [6, 6.07) is 13.5. The van der Waals surface area contributed by atoms with Crippen molar-refractivity contribution >= 4 is 21.6 Å². The highest BCUT2D eigenvalue weighted by atomic mass is 32.2. The molecule has 0 fully saturated rings. The second-order valence-corrected chi connectivity index (χ2v) is 8.37. The molecule has 140 valence electrons. The Balaban J connectivity index is 2.19. The van der Waals surface area contributed by atoms with Gasteiger partial charge in [0.1, 0.15) is 0 Å². The first-order valence-corrected chi connectivity index (χ1v) is 10.3. The molecule has 2 aromatic carbocycles. The van der Waals surface area contributed by atoms with Gasteiger partial charge in [-0.25, -0.2) is 13.1 Å². The van der Waals surface area contributed by atoms with E-state index in [1.165, 1.54) is 24.3 Å². The Morgan fingerprint density at radius 3 is 2.19 bits per heavy atom. The van der Waals surface area contributed by atoms with Crippen LogP contribution in [0.4, 0.5) is 5.69 Å². The third kappa shape index (κ3) is 4.93. The van der Waals surface area contributed by atoms with E-state index in [9.17, 15) is 13.2 Å². The normalized spacial score (nSPS) is 12.8. The predicted octanol–water partition coefficient (Wildman–Crippen LogP) is 4.14. The maximum Gasteiger partial charge on any atom is 0.255 e. The molecule has 0 aliphatic carbocycles. The Morgan fingerprint density at radius 1 is 1.00 bits per heavy atom. The summed E-state index contributed by atoms with van der Waals surface area (Å²) in [5.74, 6) is 0.0719. The SMILES string of the molecule is CCC(C)c1ccccc1NC(=O)c1ccc(S(=O)(=O)NC(C)C)cc1. The van der Waals surface area contributed by atoms with Gasteiger partial charge in [-0.05, 0) is 62.1 Å². The molecular weight excluding hydrogens is 348 g/mol. The van der Waals surface area contributed by atoms with Crippen LogP contribution in [-0.4, -0.2) is 20.4 Å². The summed E-state index contributed by atoms with van der Waals surface area (Å²) in [4.78, 5) is 12.7. The van der Waals surface area contributed by atoms with Gasteiger partial charge in [0, 0.05) is 17.3 Å². The van der Waals surface area contributed by atoms with Crippen LogP contribution in [0.2, 0.25) is 0 Å². The largest absolute Gasteiger partial charge is 0.322 e. The van der Waals surface area contributed by atoms with E-state index in [0.29, 0.717) is 11.5 Å². The average Bonchev–Trinajstić information content (AvgIpc) is 2.60. The maximum atomic E-state index is 12.5. The molecule has 0 spiro atoms. The minimum Gasteiger partial charge on any atom is -0.322 e. The number of rotatable bonds is 7. The van der Waals surface area contributed by atoms with Gasteiger partial charge in [0.2, 0.25) is 10.0 Å².